The minimum absolute atomic E-state index is 0.507. The molecule has 0 aromatic carbocycles. The van der Waals surface area contributed by atoms with Crippen LogP contribution in [0.3, 0.4) is 0 Å². The molecule has 6 heteroatoms. The monoisotopic (exact) mass is 193 g/mol. The van der Waals surface area contributed by atoms with Gasteiger partial charge in [-0.1, -0.05) is 5.16 Å². The lowest BCUT2D eigenvalue weighted by atomic mass is 10.4. The maximum atomic E-state index is 5.37. The average Bonchev–Trinajstić information content (AvgIpc) is 2.74. The molecule has 0 saturated heterocycles. The molecule has 0 fully saturated rings. The number of aromatic nitrogens is 4. The molecule has 0 aliphatic carbocycles. The van der Waals surface area contributed by atoms with Crippen LogP contribution in [-0.2, 0) is 13.5 Å². The minimum atomic E-state index is 0.507. The number of rotatable bonds is 3. The van der Waals surface area contributed by atoms with Gasteiger partial charge in [-0.05, 0) is 0 Å². The highest BCUT2D eigenvalue weighted by Gasteiger charge is 2.10. The lowest BCUT2D eigenvalue weighted by molar-refractivity contribution is 0.380. The second kappa shape index (κ2) is 3.59. The van der Waals surface area contributed by atoms with E-state index in [-0.39, 0.29) is 0 Å². The van der Waals surface area contributed by atoms with Gasteiger partial charge in [0.2, 0.25) is 11.7 Å². The first kappa shape index (κ1) is 8.89. The Bertz CT molecular complexity index is 419. The van der Waals surface area contributed by atoms with Crippen LogP contribution in [0.1, 0.15) is 5.89 Å². The summed E-state index contributed by atoms with van der Waals surface area (Å²) in [5.41, 5.74) is 6.20. The van der Waals surface area contributed by atoms with E-state index in [0.29, 0.717) is 24.7 Å². The summed E-state index contributed by atoms with van der Waals surface area (Å²) in [4.78, 5) is 8.15. The predicted molar refractivity (Wildman–Crippen MR) is 49.3 cm³/mol. The molecular formula is C8H11N5O. The minimum Gasteiger partial charge on any atom is -0.339 e. The van der Waals surface area contributed by atoms with Crippen molar-refractivity contribution in [2.24, 2.45) is 12.8 Å². The standard InChI is InChI=1S/C8H11N5O/c1-13-5-10-4-6(13)8-11-7(2-3-9)14-12-8/h4-5H,2-3,9H2,1H3. The van der Waals surface area contributed by atoms with Gasteiger partial charge in [-0.3, -0.25) is 0 Å². The molecule has 0 unspecified atom stereocenters. The van der Waals surface area contributed by atoms with Crippen LogP contribution in [0.15, 0.2) is 17.0 Å². The summed E-state index contributed by atoms with van der Waals surface area (Å²) in [6.45, 7) is 0.507. The fraction of sp³-hybridized carbons (Fsp3) is 0.375. The molecule has 0 aliphatic heterocycles. The summed E-state index contributed by atoms with van der Waals surface area (Å²) in [5, 5.41) is 3.84. The van der Waals surface area contributed by atoms with Crippen LogP contribution in [0.25, 0.3) is 11.5 Å². The molecule has 0 radical (unpaired) electrons. The van der Waals surface area contributed by atoms with Gasteiger partial charge in [0, 0.05) is 20.0 Å². The largest absolute Gasteiger partial charge is 0.339 e. The van der Waals surface area contributed by atoms with E-state index in [1.165, 1.54) is 0 Å². The van der Waals surface area contributed by atoms with Crippen LogP contribution in [-0.4, -0.2) is 26.2 Å². The SMILES string of the molecule is Cn1cncc1-c1noc(CCN)n1. The highest BCUT2D eigenvalue weighted by atomic mass is 16.5. The maximum absolute atomic E-state index is 5.37. The first-order valence-corrected chi connectivity index (χ1v) is 4.30. The summed E-state index contributed by atoms with van der Waals surface area (Å²) in [6.07, 6.45) is 3.98. The van der Waals surface area contributed by atoms with E-state index in [4.69, 9.17) is 10.3 Å². The molecular weight excluding hydrogens is 182 g/mol. The Kier molecular flexibility index (Phi) is 2.28. The number of hydrogen-bond donors (Lipinski definition) is 1. The van der Waals surface area contributed by atoms with Gasteiger partial charge in [0.05, 0.1) is 12.5 Å². The van der Waals surface area contributed by atoms with E-state index in [2.05, 4.69) is 15.1 Å². The smallest absolute Gasteiger partial charge is 0.228 e. The van der Waals surface area contributed by atoms with Crippen molar-refractivity contribution in [3.8, 4) is 11.5 Å². The third-order valence-corrected chi connectivity index (χ3v) is 1.87. The quantitative estimate of drug-likeness (QED) is 0.740. The molecule has 0 bridgehead atoms. The topological polar surface area (TPSA) is 82.8 Å². The Labute approximate surface area is 80.7 Å². The average molecular weight is 193 g/mol. The van der Waals surface area contributed by atoms with Crippen LogP contribution in [0.5, 0.6) is 0 Å². The fourth-order valence-electron chi connectivity index (χ4n) is 1.16. The number of aryl methyl sites for hydroxylation is 1. The second-order valence-corrected chi connectivity index (χ2v) is 2.94. The van der Waals surface area contributed by atoms with E-state index in [1.807, 2.05) is 11.6 Å². The number of nitrogens with zero attached hydrogens (tertiary/aromatic N) is 4. The summed E-state index contributed by atoms with van der Waals surface area (Å²) in [6, 6.07) is 0. The second-order valence-electron chi connectivity index (χ2n) is 2.94. The number of nitrogens with two attached hydrogens (primary N) is 1. The molecule has 74 valence electrons. The van der Waals surface area contributed by atoms with Crippen molar-refractivity contribution in [3.63, 3.8) is 0 Å². The van der Waals surface area contributed by atoms with Gasteiger partial charge in [-0.15, -0.1) is 0 Å². The van der Waals surface area contributed by atoms with E-state index >= 15 is 0 Å². The summed E-state index contributed by atoms with van der Waals surface area (Å²) in [5.74, 6) is 1.11. The molecule has 0 aliphatic rings. The highest BCUT2D eigenvalue weighted by molar-refractivity contribution is 5.46. The predicted octanol–water partition coefficient (Wildman–Crippen LogP) is -0.0287. The molecule has 0 atom stereocenters. The Morgan fingerprint density at radius 1 is 1.57 bits per heavy atom. The van der Waals surface area contributed by atoms with Crippen LogP contribution in [0.2, 0.25) is 0 Å². The first-order chi connectivity index (χ1) is 6.81. The van der Waals surface area contributed by atoms with Crippen LogP contribution in [0.4, 0.5) is 0 Å². The summed E-state index contributed by atoms with van der Waals surface area (Å²) >= 11 is 0. The van der Waals surface area contributed by atoms with Crippen molar-refractivity contribution in [1.29, 1.82) is 0 Å². The molecule has 2 aromatic rings. The number of hydrogen-bond acceptors (Lipinski definition) is 5. The molecule has 0 spiro atoms. The van der Waals surface area contributed by atoms with Crippen LogP contribution < -0.4 is 5.73 Å². The Hall–Kier alpha value is -1.69. The lowest BCUT2D eigenvalue weighted by Crippen LogP contribution is -2.02. The van der Waals surface area contributed by atoms with E-state index in [9.17, 15) is 0 Å². The summed E-state index contributed by atoms with van der Waals surface area (Å²) < 4.78 is 6.83. The number of imidazole rings is 1. The zero-order valence-corrected chi connectivity index (χ0v) is 7.84. The summed E-state index contributed by atoms with van der Waals surface area (Å²) in [7, 11) is 1.88. The van der Waals surface area contributed by atoms with Crippen molar-refractivity contribution in [1.82, 2.24) is 19.7 Å². The van der Waals surface area contributed by atoms with Gasteiger partial charge < -0.3 is 14.8 Å². The zero-order chi connectivity index (χ0) is 9.97. The van der Waals surface area contributed by atoms with Crippen LogP contribution >= 0.6 is 0 Å². The van der Waals surface area contributed by atoms with Gasteiger partial charge in [-0.25, -0.2) is 4.98 Å². The first-order valence-electron chi connectivity index (χ1n) is 4.30. The van der Waals surface area contributed by atoms with Gasteiger partial charge in [0.1, 0.15) is 5.69 Å². The molecule has 0 amide bonds. The third-order valence-electron chi connectivity index (χ3n) is 1.87. The van der Waals surface area contributed by atoms with Gasteiger partial charge in [0.15, 0.2) is 0 Å². The zero-order valence-electron chi connectivity index (χ0n) is 7.84. The van der Waals surface area contributed by atoms with E-state index in [1.54, 1.807) is 12.5 Å². The van der Waals surface area contributed by atoms with Crippen molar-refractivity contribution < 1.29 is 4.52 Å². The van der Waals surface area contributed by atoms with Gasteiger partial charge in [0.25, 0.3) is 0 Å². The van der Waals surface area contributed by atoms with E-state index < -0.39 is 0 Å². The van der Waals surface area contributed by atoms with Crippen molar-refractivity contribution >= 4 is 0 Å². The molecule has 0 saturated carbocycles. The third kappa shape index (κ3) is 1.51. The lowest BCUT2D eigenvalue weighted by Gasteiger charge is -1.92. The molecule has 2 heterocycles. The highest BCUT2D eigenvalue weighted by Crippen LogP contribution is 2.13. The van der Waals surface area contributed by atoms with Crippen molar-refractivity contribution in [3.05, 3.63) is 18.4 Å². The fourth-order valence-corrected chi connectivity index (χ4v) is 1.16. The molecule has 2 aromatic heterocycles. The van der Waals surface area contributed by atoms with Crippen molar-refractivity contribution in [2.45, 2.75) is 6.42 Å². The van der Waals surface area contributed by atoms with Crippen molar-refractivity contribution in [2.75, 3.05) is 6.54 Å². The Morgan fingerprint density at radius 3 is 3.07 bits per heavy atom. The maximum Gasteiger partial charge on any atom is 0.228 e. The molecule has 14 heavy (non-hydrogen) atoms. The molecule has 2 rings (SSSR count). The van der Waals surface area contributed by atoms with Gasteiger partial charge in [-0.2, -0.15) is 4.98 Å². The normalized spacial score (nSPS) is 10.7. The Morgan fingerprint density at radius 2 is 2.43 bits per heavy atom. The van der Waals surface area contributed by atoms with E-state index in [0.717, 1.165) is 5.69 Å². The molecule has 2 N–H and O–H groups in total. The van der Waals surface area contributed by atoms with Gasteiger partial charge >= 0.3 is 0 Å². The molecule has 6 nitrogen and oxygen atoms in total. The Balaban J connectivity index is 2.29. The van der Waals surface area contributed by atoms with Crippen LogP contribution in [0, 0.1) is 0 Å².